The van der Waals surface area contributed by atoms with Crippen molar-refractivity contribution < 1.29 is 4.43 Å². The van der Waals surface area contributed by atoms with Gasteiger partial charge in [0.2, 0.25) is 8.32 Å². The molecule has 0 aliphatic heterocycles. The summed E-state index contributed by atoms with van der Waals surface area (Å²) in [6.45, 7) is 13.4. The Labute approximate surface area is 125 Å². The molecule has 0 saturated heterocycles. The molecule has 2 aliphatic carbocycles. The molecule has 0 aromatic heterocycles. The van der Waals surface area contributed by atoms with Gasteiger partial charge in [0.1, 0.15) is 0 Å². The van der Waals surface area contributed by atoms with Crippen LogP contribution in [0, 0.1) is 11.8 Å². The first-order valence-electron chi connectivity index (χ1n) is 8.15. The van der Waals surface area contributed by atoms with Crippen molar-refractivity contribution in [3.05, 3.63) is 37.0 Å². The third-order valence-corrected chi connectivity index (χ3v) is 10.9. The smallest absolute Gasteiger partial charge is 0.201 e. The molecule has 0 aromatic carbocycles. The van der Waals surface area contributed by atoms with Gasteiger partial charge >= 0.3 is 0 Å². The van der Waals surface area contributed by atoms with Crippen LogP contribution < -0.4 is 0 Å². The van der Waals surface area contributed by atoms with Gasteiger partial charge in [0.25, 0.3) is 0 Å². The van der Waals surface area contributed by atoms with E-state index in [2.05, 4.69) is 64.7 Å². The first kappa shape index (κ1) is 15.8. The van der Waals surface area contributed by atoms with Gasteiger partial charge in [-0.15, -0.1) is 6.58 Å². The van der Waals surface area contributed by atoms with Crippen molar-refractivity contribution in [3.63, 3.8) is 0 Å². The average molecular weight is 291 g/mol. The number of allylic oxidation sites excluding steroid dienone is 4. The van der Waals surface area contributed by atoms with Gasteiger partial charge in [-0.2, -0.15) is 0 Å². The first-order valence-corrected chi connectivity index (χ1v) is 10.4. The molecule has 2 rings (SSSR count). The minimum Gasteiger partial charge on any atom is -0.412 e. The molecule has 3 atom stereocenters. The Morgan fingerprint density at radius 2 is 1.80 bits per heavy atom. The van der Waals surface area contributed by atoms with Crippen molar-refractivity contribution in [2.24, 2.45) is 11.8 Å². The monoisotopic (exact) mass is 290 g/mol. The van der Waals surface area contributed by atoms with Gasteiger partial charge in [0.05, 0.1) is 6.10 Å². The van der Waals surface area contributed by atoms with Crippen molar-refractivity contribution in [3.8, 4) is 0 Å². The molecule has 0 bridgehead atoms. The van der Waals surface area contributed by atoms with Crippen molar-refractivity contribution in [2.45, 2.75) is 63.8 Å². The van der Waals surface area contributed by atoms with E-state index in [1.54, 1.807) is 0 Å². The lowest BCUT2D eigenvalue weighted by molar-refractivity contribution is 0.152. The maximum atomic E-state index is 6.91. The van der Waals surface area contributed by atoms with Crippen molar-refractivity contribution in [1.82, 2.24) is 0 Å². The molecule has 0 N–H and O–H groups in total. The second kappa shape index (κ2) is 6.44. The van der Waals surface area contributed by atoms with Gasteiger partial charge < -0.3 is 4.43 Å². The van der Waals surface area contributed by atoms with Crippen LogP contribution in [0.2, 0.25) is 17.1 Å². The van der Waals surface area contributed by atoms with E-state index < -0.39 is 8.32 Å². The fourth-order valence-corrected chi connectivity index (χ4v) is 8.22. The fourth-order valence-electron chi connectivity index (χ4n) is 4.01. The van der Waals surface area contributed by atoms with Gasteiger partial charge in [-0.1, -0.05) is 58.1 Å². The highest BCUT2D eigenvalue weighted by Crippen LogP contribution is 2.44. The Balaban J connectivity index is 2.17. The van der Waals surface area contributed by atoms with Gasteiger partial charge in [0.15, 0.2) is 0 Å². The second-order valence-electron chi connectivity index (χ2n) is 7.00. The van der Waals surface area contributed by atoms with E-state index in [4.69, 9.17) is 4.43 Å². The molecule has 1 fully saturated rings. The molecule has 1 saturated carbocycles. The van der Waals surface area contributed by atoms with Crippen LogP contribution in [-0.4, -0.2) is 14.4 Å². The van der Waals surface area contributed by atoms with Crippen molar-refractivity contribution in [2.75, 3.05) is 0 Å². The minimum atomic E-state index is -1.77. The Bertz CT molecular complexity index is 386. The van der Waals surface area contributed by atoms with Crippen molar-refractivity contribution >= 4 is 8.32 Å². The Morgan fingerprint density at radius 3 is 2.40 bits per heavy atom. The lowest BCUT2D eigenvalue weighted by atomic mass is 9.91. The highest BCUT2D eigenvalue weighted by molar-refractivity contribution is 6.76. The summed E-state index contributed by atoms with van der Waals surface area (Å²) in [5.41, 5.74) is 1.28. The summed E-state index contributed by atoms with van der Waals surface area (Å²) < 4.78 is 6.91. The Morgan fingerprint density at radius 1 is 1.15 bits per heavy atom. The third-order valence-electron chi connectivity index (χ3n) is 5.30. The molecule has 2 heteroatoms. The van der Waals surface area contributed by atoms with Crippen LogP contribution >= 0.6 is 0 Å². The van der Waals surface area contributed by atoms with E-state index >= 15 is 0 Å². The zero-order chi connectivity index (χ0) is 14.8. The summed E-state index contributed by atoms with van der Waals surface area (Å²) >= 11 is 0. The van der Waals surface area contributed by atoms with Gasteiger partial charge in [-0.05, 0) is 35.9 Å². The Kier molecular flexibility index (Phi) is 5.08. The predicted octanol–water partition coefficient (Wildman–Crippen LogP) is 5.48. The summed E-state index contributed by atoms with van der Waals surface area (Å²) in [5.74, 6) is 1.31. The standard InChI is InChI=1S/C18H30OSi/c1-6-13-20(14(2)3,15(4)5)19-18-12-11-16-9-7-8-10-17(16)18/h6-10,14-18H,1,11-13H2,2-5H3. The lowest BCUT2D eigenvalue weighted by Crippen LogP contribution is -2.48. The average Bonchev–Trinajstić information content (AvgIpc) is 2.81. The number of fused-ring (bicyclic) bond motifs is 1. The molecule has 3 unspecified atom stereocenters. The molecule has 1 nitrogen and oxygen atoms in total. The molecular weight excluding hydrogens is 260 g/mol. The molecule has 0 aromatic rings. The molecule has 20 heavy (non-hydrogen) atoms. The SMILES string of the molecule is C=CC[Si](OC1CCC2C=CC=CC21)(C(C)C)C(C)C. The maximum Gasteiger partial charge on any atom is 0.201 e. The highest BCUT2D eigenvalue weighted by atomic mass is 28.4. The van der Waals surface area contributed by atoms with Crippen LogP contribution in [0.25, 0.3) is 0 Å². The molecule has 112 valence electrons. The summed E-state index contributed by atoms with van der Waals surface area (Å²) in [7, 11) is -1.77. The topological polar surface area (TPSA) is 9.23 Å². The molecule has 2 aliphatic rings. The van der Waals surface area contributed by atoms with E-state index in [0.29, 0.717) is 29.0 Å². The van der Waals surface area contributed by atoms with Crippen molar-refractivity contribution in [1.29, 1.82) is 0 Å². The van der Waals surface area contributed by atoms with E-state index in [9.17, 15) is 0 Å². The summed E-state index contributed by atoms with van der Waals surface area (Å²) in [4.78, 5) is 0. The largest absolute Gasteiger partial charge is 0.412 e. The fraction of sp³-hybridized carbons (Fsp3) is 0.667. The van der Waals surface area contributed by atoms with E-state index in [0.717, 1.165) is 6.04 Å². The second-order valence-corrected chi connectivity index (χ2v) is 11.9. The first-order chi connectivity index (χ1) is 9.51. The number of rotatable bonds is 6. The van der Waals surface area contributed by atoms with E-state index in [-0.39, 0.29) is 0 Å². The van der Waals surface area contributed by atoms with Gasteiger partial charge in [-0.25, -0.2) is 0 Å². The molecule has 0 spiro atoms. The zero-order valence-electron chi connectivity index (χ0n) is 13.5. The number of hydrogen-bond acceptors (Lipinski definition) is 1. The quantitative estimate of drug-likeness (QED) is 0.465. The minimum absolute atomic E-state index is 0.428. The summed E-state index contributed by atoms with van der Waals surface area (Å²) in [6, 6.07) is 1.08. The van der Waals surface area contributed by atoms with Crippen LogP contribution in [0.4, 0.5) is 0 Å². The van der Waals surface area contributed by atoms with Crippen LogP contribution in [0.1, 0.15) is 40.5 Å². The van der Waals surface area contributed by atoms with Gasteiger partial charge in [-0.3, -0.25) is 0 Å². The number of hydrogen-bond donors (Lipinski definition) is 0. The maximum absolute atomic E-state index is 6.91. The molecule has 0 heterocycles. The van der Waals surface area contributed by atoms with Crippen LogP contribution in [0.5, 0.6) is 0 Å². The Hall–Kier alpha value is -0.603. The summed E-state index contributed by atoms with van der Waals surface area (Å²) in [5, 5.41) is 0. The normalized spacial score (nSPS) is 29.2. The third kappa shape index (κ3) is 2.87. The molecule has 0 radical (unpaired) electrons. The van der Waals surface area contributed by atoms with E-state index in [1.807, 2.05) is 0 Å². The van der Waals surface area contributed by atoms with Crippen LogP contribution in [0.3, 0.4) is 0 Å². The predicted molar refractivity (Wildman–Crippen MR) is 90.3 cm³/mol. The summed E-state index contributed by atoms with van der Waals surface area (Å²) in [6.07, 6.45) is 14.2. The van der Waals surface area contributed by atoms with E-state index in [1.165, 1.54) is 12.8 Å². The van der Waals surface area contributed by atoms with Crippen LogP contribution in [0.15, 0.2) is 37.0 Å². The molecule has 0 amide bonds. The molecular formula is C18H30OSi. The zero-order valence-corrected chi connectivity index (χ0v) is 14.5. The van der Waals surface area contributed by atoms with Crippen LogP contribution in [-0.2, 0) is 4.43 Å². The highest BCUT2D eigenvalue weighted by Gasteiger charge is 2.46. The van der Waals surface area contributed by atoms with Gasteiger partial charge in [0, 0.05) is 5.92 Å². The lowest BCUT2D eigenvalue weighted by Gasteiger charge is -2.41.